The van der Waals surface area contributed by atoms with Crippen LogP contribution in [0.5, 0.6) is 0 Å². The minimum Gasteiger partial charge on any atom is -0.353 e. The highest BCUT2D eigenvalue weighted by molar-refractivity contribution is 7.17. The van der Waals surface area contributed by atoms with Gasteiger partial charge in [-0.25, -0.2) is 4.98 Å². The lowest BCUT2D eigenvalue weighted by Gasteiger charge is -2.35. The number of aromatic nitrogens is 1. The van der Waals surface area contributed by atoms with Gasteiger partial charge in [-0.15, -0.1) is 22.9 Å². The molecule has 0 bridgehead atoms. The molecule has 0 radical (unpaired) electrons. The van der Waals surface area contributed by atoms with Crippen LogP contribution in [0, 0.1) is 0 Å². The largest absolute Gasteiger partial charge is 0.353 e. The average Bonchev–Trinajstić information content (AvgIpc) is 2.75. The molecule has 0 N–H and O–H groups in total. The van der Waals surface area contributed by atoms with Gasteiger partial charge >= 0.3 is 0 Å². The summed E-state index contributed by atoms with van der Waals surface area (Å²) in [7, 11) is 2.04. The molecule has 0 aliphatic heterocycles. The van der Waals surface area contributed by atoms with Crippen LogP contribution in [-0.4, -0.2) is 23.5 Å². The van der Waals surface area contributed by atoms with E-state index < -0.39 is 0 Å². The van der Waals surface area contributed by atoms with Crippen molar-refractivity contribution in [1.29, 1.82) is 0 Å². The molecule has 0 fully saturated rings. The van der Waals surface area contributed by atoms with E-state index in [-0.39, 0.29) is 5.54 Å². The third kappa shape index (κ3) is 1.89. The summed E-state index contributed by atoms with van der Waals surface area (Å²) < 4.78 is 1.27. The van der Waals surface area contributed by atoms with E-state index in [1.807, 2.05) is 19.3 Å². The van der Waals surface area contributed by atoms with Crippen LogP contribution in [0.3, 0.4) is 0 Å². The van der Waals surface area contributed by atoms with Crippen LogP contribution in [0.25, 0.3) is 10.1 Å². The van der Waals surface area contributed by atoms with Crippen LogP contribution < -0.4 is 4.90 Å². The van der Waals surface area contributed by atoms with Crippen molar-refractivity contribution in [2.45, 2.75) is 19.4 Å². The van der Waals surface area contributed by atoms with Crippen LogP contribution in [0.15, 0.2) is 23.7 Å². The molecule has 2 nitrogen and oxygen atoms in total. The van der Waals surface area contributed by atoms with Crippen LogP contribution in [0.4, 0.5) is 5.82 Å². The van der Waals surface area contributed by atoms with E-state index in [4.69, 9.17) is 11.6 Å². The first-order chi connectivity index (χ1) is 7.56. The van der Waals surface area contributed by atoms with Gasteiger partial charge in [0.25, 0.3) is 0 Å². The summed E-state index contributed by atoms with van der Waals surface area (Å²) in [4.78, 5) is 6.62. The lowest BCUT2D eigenvalue weighted by atomic mass is 10.1. The van der Waals surface area contributed by atoms with Gasteiger partial charge in [0.1, 0.15) is 5.82 Å². The van der Waals surface area contributed by atoms with Crippen molar-refractivity contribution < 1.29 is 0 Å². The summed E-state index contributed by atoms with van der Waals surface area (Å²) in [5, 5.41) is 3.30. The maximum atomic E-state index is 6.00. The molecule has 0 amide bonds. The number of rotatable bonds is 3. The lowest BCUT2D eigenvalue weighted by Crippen LogP contribution is -2.43. The zero-order chi connectivity index (χ0) is 11.8. The van der Waals surface area contributed by atoms with Crippen LogP contribution in [-0.2, 0) is 0 Å². The van der Waals surface area contributed by atoms with E-state index in [9.17, 15) is 0 Å². The van der Waals surface area contributed by atoms with E-state index in [2.05, 4.69) is 35.2 Å². The SMILES string of the molecule is CN(c1nccc2sccc12)C(C)(C)CCl. The number of pyridine rings is 1. The second kappa shape index (κ2) is 4.22. The van der Waals surface area contributed by atoms with E-state index in [1.54, 1.807) is 11.3 Å². The Labute approximate surface area is 105 Å². The molecule has 0 spiro atoms. The molecule has 0 aliphatic carbocycles. The molecule has 2 heterocycles. The number of hydrogen-bond acceptors (Lipinski definition) is 3. The van der Waals surface area contributed by atoms with E-state index in [1.165, 1.54) is 10.1 Å². The predicted molar refractivity (Wildman–Crippen MR) is 72.8 cm³/mol. The van der Waals surface area contributed by atoms with Crippen LogP contribution in [0.2, 0.25) is 0 Å². The molecule has 0 saturated heterocycles. The number of fused-ring (bicyclic) bond motifs is 1. The van der Waals surface area contributed by atoms with Gasteiger partial charge in [-0.1, -0.05) is 0 Å². The number of alkyl halides is 1. The van der Waals surface area contributed by atoms with Gasteiger partial charge in [0, 0.05) is 34.7 Å². The third-order valence-corrected chi connectivity index (χ3v) is 4.45. The summed E-state index contributed by atoms with van der Waals surface area (Å²) >= 11 is 7.73. The van der Waals surface area contributed by atoms with Gasteiger partial charge in [-0.3, -0.25) is 0 Å². The van der Waals surface area contributed by atoms with Crippen molar-refractivity contribution in [1.82, 2.24) is 4.98 Å². The van der Waals surface area contributed by atoms with Crippen molar-refractivity contribution in [3.63, 3.8) is 0 Å². The predicted octanol–water partition coefficient (Wildman–Crippen LogP) is 3.75. The number of nitrogens with zero attached hydrogens (tertiary/aromatic N) is 2. The van der Waals surface area contributed by atoms with E-state index >= 15 is 0 Å². The summed E-state index contributed by atoms with van der Waals surface area (Å²) in [6.07, 6.45) is 1.86. The summed E-state index contributed by atoms with van der Waals surface area (Å²) in [5.41, 5.74) is -0.0925. The molecule has 4 heteroatoms. The van der Waals surface area contributed by atoms with Crippen molar-refractivity contribution in [3.05, 3.63) is 23.7 Å². The zero-order valence-corrected chi connectivity index (χ0v) is 11.3. The standard InChI is InChI=1S/C12H15ClN2S/c1-12(2,8-13)15(3)11-9-5-7-16-10(9)4-6-14-11/h4-7H,8H2,1-3H3. The highest BCUT2D eigenvalue weighted by Crippen LogP contribution is 2.31. The Morgan fingerprint density at radius 2 is 2.19 bits per heavy atom. The van der Waals surface area contributed by atoms with Crippen LogP contribution in [0.1, 0.15) is 13.8 Å². The second-order valence-electron chi connectivity index (χ2n) is 4.47. The first kappa shape index (κ1) is 11.7. The fourth-order valence-corrected chi connectivity index (χ4v) is 2.48. The first-order valence-corrected chi connectivity index (χ1v) is 6.60. The molecule has 0 unspecified atom stereocenters. The highest BCUT2D eigenvalue weighted by atomic mass is 35.5. The monoisotopic (exact) mass is 254 g/mol. The molecule has 86 valence electrons. The minimum atomic E-state index is -0.0925. The fourth-order valence-electron chi connectivity index (χ4n) is 1.52. The van der Waals surface area contributed by atoms with Crippen molar-refractivity contribution in [3.8, 4) is 0 Å². The maximum Gasteiger partial charge on any atom is 0.137 e. The Balaban J connectivity index is 2.51. The molecule has 0 aromatic carbocycles. The summed E-state index contributed by atoms with van der Waals surface area (Å²) in [6, 6.07) is 4.16. The Morgan fingerprint density at radius 3 is 2.88 bits per heavy atom. The van der Waals surface area contributed by atoms with E-state index in [0.29, 0.717) is 5.88 Å². The maximum absolute atomic E-state index is 6.00. The lowest BCUT2D eigenvalue weighted by molar-refractivity contribution is 0.542. The first-order valence-electron chi connectivity index (χ1n) is 5.18. The molecule has 2 aromatic heterocycles. The van der Waals surface area contributed by atoms with Gasteiger partial charge in [-0.05, 0) is 31.4 Å². The second-order valence-corrected chi connectivity index (χ2v) is 5.69. The summed E-state index contributed by atoms with van der Waals surface area (Å²) in [6.45, 7) is 4.24. The number of hydrogen-bond donors (Lipinski definition) is 0. The van der Waals surface area contributed by atoms with Gasteiger partial charge in [0.15, 0.2) is 0 Å². The molecular weight excluding hydrogens is 240 g/mol. The van der Waals surface area contributed by atoms with Gasteiger partial charge in [0.05, 0.1) is 0 Å². The van der Waals surface area contributed by atoms with Crippen LogP contribution >= 0.6 is 22.9 Å². The Bertz CT molecular complexity index is 492. The Morgan fingerprint density at radius 1 is 1.44 bits per heavy atom. The normalized spacial score (nSPS) is 12.0. The quantitative estimate of drug-likeness (QED) is 0.776. The van der Waals surface area contributed by atoms with Gasteiger partial charge in [0.2, 0.25) is 0 Å². The molecule has 0 aliphatic rings. The number of thiophene rings is 1. The average molecular weight is 255 g/mol. The molecule has 16 heavy (non-hydrogen) atoms. The molecule has 2 aromatic rings. The zero-order valence-electron chi connectivity index (χ0n) is 9.70. The van der Waals surface area contributed by atoms with Crippen molar-refractivity contribution >= 4 is 38.8 Å². The molecule has 0 atom stereocenters. The fraction of sp³-hybridized carbons (Fsp3) is 0.417. The Kier molecular flexibility index (Phi) is 3.08. The summed E-state index contributed by atoms with van der Waals surface area (Å²) in [5.74, 6) is 1.58. The van der Waals surface area contributed by atoms with Crippen molar-refractivity contribution in [2.24, 2.45) is 0 Å². The third-order valence-electron chi connectivity index (χ3n) is 2.91. The smallest absolute Gasteiger partial charge is 0.137 e. The number of anilines is 1. The van der Waals surface area contributed by atoms with E-state index in [0.717, 1.165) is 5.82 Å². The van der Waals surface area contributed by atoms with Gasteiger partial charge < -0.3 is 4.90 Å². The topological polar surface area (TPSA) is 16.1 Å². The Hall–Kier alpha value is -0.800. The number of halogens is 1. The minimum absolute atomic E-state index is 0.0925. The molecule has 2 rings (SSSR count). The molecule has 0 saturated carbocycles. The highest BCUT2D eigenvalue weighted by Gasteiger charge is 2.24. The van der Waals surface area contributed by atoms with Crippen molar-refractivity contribution in [2.75, 3.05) is 17.8 Å². The molecular formula is C12H15ClN2S. The van der Waals surface area contributed by atoms with Gasteiger partial charge in [-0.2, -0.15) is 0 Å².